The minimum atomic E-state index is 0.176. The Morgan fingerprint density at radius 3 is 2.90 bits per heavy atom. The number of hydrogen-bond donors (Lipinski definition) is 1. The predicted octanol–water partition coefficient (Wildman–Crippen LogP) is 2.24. The molecule has 0 bridgehead atoms. The van der Waals surface area contributed by atoms with E-state index in [9.17, 15) is 4.79 Å². The third-order valence-corrected chi connectivity index (χ3v) is 4.76. The molecule has 21 heavy (non-hydrogen) atoms. The van der Waals surface area contributed by atoms with Crippen LogP contribution >= 0.6 is 0 Å². The van der Waals surface area contributed by atoms with Crippen molar-refractivity contribution in [2.75, 3.05) is 13.1 Å². The zero-order valence-corrected chi connectivity index (χ0v) is 12.2. The normalized spacial score (nSPS) is 27.3. The number of nitrogens with zero attached hydrogens (tertiary/aromatic N) is 2. The van der Waals surface area contributed by atoms with Gasteiger partial charge in [-0.05, 0) is 24.3 Å². The fraction of sp³-hybridized carbons (Fsp3) is 0.529. The van der Waals surface area contributed by atoms with E-state index < -0.39 is 0 Å². The van der Waals surface area contributed by atoms with Crippen LogP contribution in [-0.4, -0.2) is 29.9 Å². The number of carbonyl (C=O) groups excluding carboxylic acids is 1. The minimum absolute atomic E-state index is 0.176. The van der Waals surface area contributed by atoms with Crippen LogP contribution in [0.2, 0.25) is 0 Å². The number of hydrogen-bond acceptors (Lipinski definition) is 3. The Bertz CT molecular complexity index is 537. The lowest BCUT2D eigenvalue weighted by molar-refractivity contribution is -0.125. The third-order valence-electron chi connectivity index (χ3n) is 4.76. The Hall–Kier alpha value is -1.86. The van der Waals surface area contributed by atoms with Gasteiger partial charge in [-0.15, -0.1) is 0 Å². The molecule has 1 aromatic rings. The Balaban J connectivity index is 1.73. The lowest BCUT2D eigenvalue weighted by atomic mass is 9.84. The van der Waals surface area contributed by atoms with E-state index in [4.69, 9.17) is 5.26 Å². The third kappa shape index (κ3) is 3.08. The highest BCUT2D eigenvalue weighted by atomic mass is 16.1. The molecule has 3 unspecified atom stereocenters. The van der Waals surface area contributed by atoms with Crippen LogP contribution in [0.25, 0.3) is 0 Å². The van der Waals surface area contributed by atoms with Gasteiger partial charge in [0.2, 0.25) is 5.91 Å². The summed E-state index contributed by atoms with van der Waals surface area (Å²) < 4.78 is 0. The fourth-order valence-corrected chi connectivity index (χ4v) is 3.64. The molecule has 0 aromatic heterocycles. The number of likely N-dealkylation sites (tertiary alicyclic amines) is 1. The van der Waals surface area contributed by atoms with Crippen molar-refractivity contribution in [1.82, 2.24) is 10.2 Å². The molecule has 3 rings (SSSR count). The van der Waals surface area contributed by atoms with E-state index in [2.05, 4.69) is 28.4 Å². The summed E-state index contributed by atoms with van der Waals surface area (Å²) in [7, 11) is 0. The summed E-state index contributed by atoms with van der Waals surface area (Å²) in [4.78, 5) is 13.9. The van der Waals surface area contributed by atoms with Gasteiger partial charge in [0, 0.05) is 31.6 Å². The average Bonchev–Trinajstić information content (AvgIpc) is 2.53. The van der Waals surface area contributed by atoms with E-state index in [1.807, 2.05) is 18.2 Å². The highest BCUT2D eigenvalue weighted by Gasteiger charge is 2.36. The molecule has 2 aliphatic heterocycles. The second-order valence-corrected chi connectivity index (χ2v) is 6.05. The zero-order valence-electron chi connectivity index (χ0n) is 12.2. The summed E-state index contributed by atoms with van der Waals surface area (Å²) in [6.45, 7) is 1.93. The molecule has 3 atom stereocenters. The van der Waals surface area contributed by atoms with Crippen molar-refractivity contribution in [3.63, 3.8) is 0 Å². The molecule has 2 saturated heterocycles. The van der Waals surface area contributed by atoms with Crippen LogP contribution in [-0.2, 0) is 4.79 Å². The van der Waals surface area contributed by atoms with Crippen LogP contribution in [0.5, 0.6) is 0 Å². The van der Waals surface area contributed by atoms with Gasteiger partial charge in [0.15, 0.2) is 0 Å². The molecular weight excluding hydrogens is 262 g/mol. The monoisotopic (exact) mass is 283 g/mol. The molecule has 0 aliphatic carbocycles. The second-order valence-electron chi connectivity index (χ2n) is 6.05. The summed E-state index contributed by atoms with van der Waals surface area (Å²) in [6.07, 6.45) is 3.13. The molecule has 4 heteroatoms. The maximum atomic E-state index is 11.5. The van der Waals surface area contributed by atoms with Gasteiger partial charge in [-0.2, -0.15) is 5.26 Å². The van der Waals surface area contributed by atoms with Gasteiger partial charge < -0.3 is 5.32 Å². The Kier molecular flexibility index (Phi) is 4.21. The summed E-state index contributed by atoms with van der Waals surface area (Å²) in [5.74, 6) is 0.725. The molecule has 2 heterocycles. The van der Waals surface area contributed by atoms with Crippen molar-refractivity contribution in [1.29, 1.82) is 5.26 Å². The van der Waals surface area contributed by atoms with Crippen LogP contribution < -0.4 is 5.32 Å². The largest absolute Gasteiger partial charge is 0.353 e. The fourth-order valence-electron chi connectivity index (χ4n) is 3.64. The first-order valence-electron chi connectivity index (χ1n) is 7.73. The van der Waals surface area contributed by atoms with Crippen LogP contribution in [0.15, 0.2) is 30.3 Å². The summed E-state index contributed by atoms with van der Waals surface area (Å²) in [5, 5.41) is 12.3. The van der Waals surface area contributed by atoms with Gasteiger partial charge in [0.05, 0.1) is 12.5 Å². The molecule has 1 amide bonds. The van der Waals surface area contributed by atoms with Crippen molar-refractivity contribution in [2.24, 2.45) is 5.92 Å². The van der Waals surface area contributed by atoms with Gasteiger partial charge in [0.25, 0.3) is 0 Å². The van der Waals surface area contributed by atoms with Crippen LogP contribution in [0.3, 0.4) is 0 Å². The van der Waals surface area contributed by atoms with Crippen molar-refractivity contribution in [3.05, 3.63) is 35.9 Å². The number of nitrogens with one attached hydrogen (secondary N) is 1. The number of amides is 1. The molecule has 4 nitrogen and oxygen atoms in total. The maximum absolute atomic E-state index is 11.5. The summed E-state index contributed by atoms with van der Waals surface area (Å²) >= 11 is 0. The van der Waals surface area contributed by atoms with Gasteiger partial charge in [-0.1, -0.05) is 30.3 Å². The number of carbonyl (C=O) groups is 1. The molecule has 0 saturated carbocycles. The molecule has 2 fully saturated rings. The first-order valence-corrected chi connectivity index (χ1v) is 7.73. The van der Waals surface area contributed by atoms with E-state index in [-0.39, 0.29) is 11.9 Å². The molecule has 110 valence electrons. The minimum Gasteiger partial charge on any atom is -0.353 e. The van der Waals surface area contributed by atoms with Crippen molar-refractivity contribution >= 4 is 5.91 Å². The molecule has 0 radical (unpaired) electrons. The predicted molar refractivity (Wildman–Crippen MR) is 80.3 cm³/mol. The van der Waals surface area contributed by atoms with E-state index in [0.717, 1.165) is 25.9 Å². The highest BCUT2D eigenvalue weighted by molar-refractivity contribution is 5.77. The van der Waals surface area contributed by atoms with E-state index in [1.54, 1.807) is 0 Å². The van der Waals surface area contributed by atoms with Gasteiger partial charge in [-0.25, -0.2) is 0 Å². The Morgan fingerprint density at radius 2 is 2.14 bits per heavy atom. The number of rotatable bonds is 3. The molecule has 1 N–H and O–H groups in total. The Labute approximate surface area is 125 Å². The van der Waals surface area contributed by atoms with E-state index >= 15 is 0 Å². The lowest BCUT2D eigenvalue weighted by Gasteiger charge is -2.44. The van der Waals surface area contributed by atoms with Crippen molar-refractivity contribution < 1.29 is 4.79 Å². The topological polar surface area (TPSA) is 56.1 Å². The SMILES string of the molecule is N#CCC(c1ccccc1)N1CCC2NC(=O)CCC2C1. The van der Waals surface area contributed by atoms with Gasteiger partial charge in [0.1, 0.15) is 0 Å². The molecule has 1 aromatic carbocycles. The number of fused-ring (bicyclic) bond motifs is 1. The summed E-state index contributed by atoms with van der Waals surface area (Å²) in [6, 6.07) is 13.1. The molecular formula is C17H21N3O. The van der Waals surface area contributed by atoms with E-state index in [1.165, 1.54) is 5.56 Å². The first kappa shape index (κ1) is 14.1. The second kappa shape index (κ2) is 6.28. The van der Waals surface area contributed by atoms with Gasteiger partial charge in [-0.3, -0.25) is 9.69 Å². The van der Waals surface area contributed by atoms with Gasteiger partial charge >= 0.3 is 0 Å². The first-order chi connectivity index (χ1) is 10.3. The van der Waals surface area contributed by atoms with Crippen LogP contribution in [0.4, 0.5) is 0 Å². The quantitative estimate of drug-likeness (QED) is 0.925. The average molecular weight is 283 g/mol. The number of nitriles is 1. The van der Waals surface area contributed by atoms with Crippen molar-refractivity contribution in [3.8, 4) is 6.07 Å². The smallest absolute Gasteiger partial charge is 0.220 e. The maximum Gasteiger partial charge on any atom is 0.220 e. The number of piperidine rings is 2. The standard InChI is InChI=1S/C17H21N3O/c18-10-8-16(13-4-2-1-3-5-13)20-11-9-15-14(12-20)6-7-17(21)19-15/h1-5,14-16H,6-9,11-12H2,(H,19,21). The Morgan fingerprint density at radius 1 is 1.33 bits per heavy atom. The molecule has 0 spiro atoms. The highest BCUT2D eigenvalue weighted by Crippen LogP contribution is 2.32. The van der Waals surface area contributed by atoms with E-state index in [0.29, 0.717) is 24.8 Å². The van der Waals surface area contributed by atoms with Crippen molar-refractivity contribution in [2.45, 2.75) is 37.8 Å². The lowest BCUT2D eigenvalue weighted by Crippen LogP contribution is -2.54. The van der Waals surface area contributed by atoms with Crippen LogP contribution in [0.1, 0.15) is 37.3 Å². The summed E-state index contributed by atoms with van der Waals surface area (Å²) in [5.41, 5.74) is 1.22. The zero-order chi connectivity index (χ0) is 14.7. The molecule has 2 aliphatic rings. The van der Waals surface area contributed by atoms with Crippen LogP contribution in [0, 0.1) is 17.2 Å². The number of benzene rings is 1.